The van der Waals surface area contributed by atoms with E-state index in [9.17, 15) is 4.79 Å². The third-order valence-electron chi connectivity index (χ3n) is 2.47. The van der Waals surface area contributed by atoms with Crippen molar-refractivity contribution in [2.24, 2.45) is 0 Å². The van der Waals surface area contributed by atoms with E-state index in [0.29, 0.717) is 13.0 Å². The standard InChI is InChI=1S/C11H19N3O2/c1-4-14-8-13-7-10(14)9(12-3)6-11(15)16-5-2/h7-9,12H,4-6H2,1-3H3. The molecular formula is C11H19N3O2. The molecule has 90 valence electrons. The Hall–Kier alpha value is -1.36. The van der Waals surface area contributed by atoms with Crippen LogP contribution in [0, 0.1) is 0 Å². The summed E-state index contributed by atoms with van der Waals surface area (Å²) >= 11 is 0. The fourth-order valence-corrected chi connectivity index (χ4v) is 1.63. The minimum atomic E-state index is -0.189. The van der Waals surface area contributed by atoms with Crippen LogP contribution in [0.5, 0.6) is 0 Å². The molecule has 0 aromatic carbocycles. The number of hydrogen-bond donors (Lipinski definition) is 1. The Bertz CT molecular complexity index is 336. The van der Waals surface area contributed by atoms with Crippen LogP contribution in [0.15, 0.2) is 12.5 Å². The van der Waals surface area contributed by atoms with E-state index in [1.54, 1.807) is 12.5 Å². The quantitative estimate of drug-likeness (QED) is 0.737. The van der Waals surface area contributed by atoms with Crippen molar-refractivity contribution in [1.82, 2.24) is 14.9 Å². The fraction of sp³-hybridized carbons (Fsp3) is 0.636. The van der Waals surface area contributed by atoms with E-state index in [2.05, 4.69) is 10.3 Å². The zero-order chi connectivity index (χ0) is 12.0. The lowest BCUT2D eigenvalue weighted by Gasteiger charge is -2.16. The van der Waals surface area contributed by atoms with Crippen LogP contribution in [0.1, 0.15) is 32.0 Å². The molecule has 1 rings (SSSR count). The lowest BCUT2D eigenvalue weighted by molar-refractivity contribution is -0.143. The minimum absolute atomic E-state index is 0.0403. The number of nitrogens with zero attached hydrogens (tertiary/aromatic N) is 2. The number of carbonyl (C=O) groups excluding carboxylic acids is 1. The number of hydrogen-bond acceptors (Lipinski definition) is 4. The molecule has 5 heteroatoms. The van der Waals surface area contributed by atoms with Gasteiger partial charge in [-0.25, -0.2) is 4.98 Å². The van der Waals surface area contributed by atoms with Crippen LogP contribution >= 0.6 is 0 Å². The number of aromatic nitrogens is 2. The van der Waals surface area contributed by atoms with E-state index in [1.165, 1.54) is 0 Å². The zero-order valence-electron chi connectivity index (χ0n) is 10.1. The normalized spacial score (nSPS) is 12.4. The molecule has 0 saturated heterocycles. The highest BCUT2D eigenvalue weighted by molar-refractivity contribution is 5.70. The van der Waals surface area contributed by atoms with Gasteiger partial charge in [-0.15, -0.1) is 0 Å². The Labute approximate surface area is 95.8 Å². The van der Waals surface area contributed by atoms with Gasteiger partial charge in [0.2, 0.25) is 0 Å². The highest BCUT2D eigenvalue weighted by Crippen LogP contribution is 2.16. The van der Waals surface area contributed by atoms with Crippen LogP contribution in [-0.2, 0) is 16.1 Å². The maximum Gasteiger partial charge on any atom is 0.307 e. The van der Waals surface area contributed by atoms with Crippen molar-refractivity contribution in [3.63, 3.8) is 0 Å². The number of rotatable bonds is 6. The lowest BCUT2D eigenvalue weighted by Crippen LogP contribution is -2.23. The molecule has 0 bridgehead atoms. The van der Waals surface area contributed by atoms with Crippen molar-refractivity contribution >= 4 is 5.97 Å². The average Bonchev–Trinajstić information content (AvgIpc) is 2.74. The Morgan fingerprint density at radius 2 is 2.38 bits per heavy atom. The smallest absolute Gasteiger partial charge is 0.307 e. The largest absolute Gasteiger partial charge is 0.466 e. The molecule has 1 N–H and O–H groups in total. The second-order valence-corrected chi connectivity index (χ2v) is 3.45. The van der Waals surface area contributed by atoms with Gasteiger partial charge in [0.1, 0.15) is 0 Å². The molecule has 0 amide bonds. The van der Waals surface area contributed by atoms with E-state index in [-0.39, 0.29) is 12.0 Å². The number of nitrogens with one attached hydrogen (secondary N) is 1. The molecule has 1 unspecified atom stereocenters. The molecule has 0 fully saturated rings. The summed E-state index contributed by atoms with van der Waals surface area (Å²) < 4.78 is 6.95. The SMILES string of the molecule is CCOC(=O)CC(NC)c1cncn1CC. The number of aryl methyl sites for hydroxylation is 1. The molecular weight excluding hydrogens is 206 g/mol. The van der Waals surface area contributed by atoms with Gasteiger partial charge in [-0.05, 0) is 20.9 Å². The first kappa shape index (κ1) is 12.7. The molecule has 1 aromatic heterocycles. The van der Waals surface area contributed by atoms with Gasteiger partial charge >= 0.3 is 5.97 Å². The Balaban J connectivity index is 2.70. The number of carbonyl (C=O) groups is 1. The predicted molar refractivity (Wildman–Crippen MR) is 61.0 cm³/mol. The van der Waals surface area contributed by atoms with E-state index in [1.807, 2.05) is 25.5 Å². The molecule has 5 nitrogen and oxygen atoms in total. The lowest BCUT2D eigenvalue weighted by atomic mass is 10.1. The van der Waals surface area contributed by atoms with E-state index in [4.69, 9.17) is 4.74 Å². The minimum Gasteiger partial charge on any atom is -0.466 e. The van der Waals surface area contributed by atoms with E-state index >= 15 is 0 Å². The highest BCUT2D eigenvalue weighted by atomic mass is 16.5. The molecule has 1 atom stereocenters. The van der Waals surface area contributed by atoms with Crippen molar-refractivity contribution in [2.75, 3.05) is 13.7 Å². The van der Waals surface area contributed by atoms with Gasteiger partial charge in [-0.1, -0.05) is 0 Å². The van der Waals surface area contributed by atoms with E-state index < -0.39 is 0 Å². The summed E-state index contributed by atoms with van der Waals surface area (Å²) in [5, 5.41) is 3.11. The molecule has 0 radical (unpaired) electrons. The molecule has 0 aliphatic rings. The summed E-state index contributed by atoms with van der Waals surface area (Å²) in [4.78, 5) is 15.5. The van der Waals surface area contributed by atoms with Crippen molar-refractivity contribution in [2.45, 2.75) is 32.9 Å². The third-order valence-corrected chi connectivity index (χ3v) is 2.47. The number of imidazole rings is 1. The maximum absolute atomic E-state index is 11.4. The van der Waals surface area contributed by atoms with Gasteiger partial charge in [0.15, 0.2) is 0 Å². The molecule has 0 aliphatic heterocycles. The third kappa shape index (κ3) is 3.06. The first-order valence-electron chi connectivity index (χ1n) is 5.55. The van der Waals surface area contributed by atoms with Gasteiger partial charge in [-0.2, -0.15) is 0 Å². The second-order valence-electron chi connectivity index (χ2n) is 3.45. The zero-order valence-corrected chi connectivity index (χ0v) is 10.1. The number of ether oxygens (including phenoxy) is 1. The molecule has 1 aromatic rings. The highest BCUT2D eigenvalue weighted by Gasteiger charge is 2.18. The molecule has 16 heavy (non-hydrogen) atoms. The molecule has 0 saturated carbocycles. The summed E-state index contributed by atoms with van der Waals surface area (Å²) in [5.41, 5.74) is 1.01. The van der Waals surface area contributed by atoms with Crippen molar-refractivity contribution in [3.05, 3.63) is 18.2 Å². The Kier molecular flexibility index (Phi) is 4.98. The van der Waals surface area contributed by atoms with Crippen LogP contribution < -0.4 is 5.32 Å². The Morgan fingerprint density at radius 1 is 1.62 bits per heavy atom. The summed E-state index contributed by atoms with van der Waals surface area (Å²) in [6.07, 6.45) is 3.88. The topological polar surface area (TPSA) is 56.1 Å². The molecule has 0 spiro atoms. The van der Waals surface area contributed by atoms with Crippen LogP contribution in [0.4, 0.5) is 0 Å². The van der Waals surface area contributed by atoms with Crippen LogP contribution in [-0.4, -0.2) is 29.2 Å². The first-order valence-corrected chi connectivity index (χ1v) is 5.55. The fourth-order valence-electron chi connectivity index (χ4n) is 1.63. The summed E-state index contributed by atoms with van der Waals surface area (Å²) in [7, 11) is 1.83. The summed E-state index contributed by atoms with van der Waals surface area (Å²) in [5.74, 6) is -0.189. The molecule has 1 heterocycles. The van der Waals surface area contributed by atoms with Gasteiger partial charge in [0, 0.05) is 12.7 Å². The van der Waals surface area contributed by atoms with Gasteiger partial charge < -0.3 is 14.6 Å². The van der Waals surface area contributed by atoms with Crippen LogP contribution in [0.3, 0.4) is 0 Å². The van der Waals surface area contributed by atoms with Gasteiger partial charge in [0.25, 0.3) is 0 Å². The van der Waals surface area contributed by atoms with Gasteiger partial charge in [-0.3, -0.25) is 4.79 Å². The average molecular weight is 225 g/mol. The summed E-state index contributed by atoms with van der Waals surface area (Å²) in [6.45, 7) is 5.11. The summed E-state index contributed by atoms with van der Waals surface area (Å²) in [6, 6.07) is -0.0403. The Morgan fingerprint density at radius 3 is 2.94 bits per heavy atom. The monoisotopic (exact) mass is 225 g/mol. The van der Waals surface area contributed by atoms with Crippen LogP contribution in [0.25, 0.3) is 0 Å². The second kappa shape index (κ2) is 6.27. The first-order chi connectivity index (χ1) is 7.72. The predicted octanol–water partition coefficient (Wildman–Crippen LogP) is 1.12. The van der Waals surface area contributed by atoms with Crippen molar-refractivity contribution < 1.29 is 9.53 Å². The number of esters is 1. The van der Waals surface area contributed by atoms with Gasteiger partial charge in [0.05, 0.1) is 31.1 Å². The van der Waals surface area contributed by atoms with Crippen molar-refractivity contribution in [3.8, 4) is 0 Å². The van der Waals surface area contributed by atoms with Crippen molar-refractivity contribution in [1.29, 1.82) is 0 Å². The van der Waals surface area contributed by atoms with Crippen LogP contribution in [0.2, 0.25) is 0 Å². The maximum atomic E-state index is 11.4. The molecule has 0 aliphatic carbocycles. The van der Waals surface area contributed by atoms with E-state index in [0.717, 1.165) is 12.2 Å².